The lowest BCUT2D eigenvalue weighted by atomic mass is 9.86. The number of aromatic nitrogens is 2. The van der Waals surface area contributed by atoms with E-state index in [4.69, 9.17) is 0 Å². The first-order chi connectivity index (χ1) is 11.4. The molecule has 0 saturated heterocycles. The number of benzene rings is 2. The molecule has 0 aliphatic heterocycles. The summed E-state index contributed by atoms with van der Waals surface area (Å²) < 4.78 is 1.84. The summed E-state index contributed by atoms with van der Waals surface area (Å²) in [5, 5.41) is 13.7. The molecule has 0 N–H and O–H groups in total. The number of hydrogen-bond donors (Lipinski definition) is 0. The van der Waals surface area contributed by atoms with Crippen molar-refractivity contribution in [2.45, 2.75) is 33.1 Å². The standard InChI is InChI=1S/C21H21N3/c1-15-5-11-19(12-6-15)24-20(13-18(14-22)23-24)16-7-9-17(10-8-16)21(2,3)4/h5-13H,1-4H3. The van der Waals surface area contributed by atoms with Gasteiger partial charge in [0, 0.05) is 11.6 Å². The quantitative estimate of drug-likeness (QED) is 0.666. The summed E-state index contributed by atoms with van der Waals surface area (Å²) in [6.45, 7) is 8.66. The molecule has 0 aliphatic carbocycles. The van der Waals surface area contributed by atoms with Crippen LogP contribution < -0.4 is 0 Å². The summed E-state index contributed by atoms with van der Waals surface area (Å²) in [6.07, 6.45) is 0. The van der Waals surface area contributed by atoms with E-state index in [0.29, 0.717) is 5.69 Å². The van der Waals surface area contributed by atoms with Crippen LogP contribution in [0.3, 0.4) is 0 Å². The fourth-order valence-electron chi connectivity index (χ4n) is 2.67. The lowest BCUT2D eigenvalue weighted by molar-refractivity contribution is 0.590. The van der Waals surface area contributed by atoms with E-state index in [1.807, 2.05) is 22.9 Å². The van der Waals surface area contributed by atoms with Crippen molar-refractivity contribution in [3.8, 4) is 23.0 Å². The highest BCUT2D eigenvalue weighted by Crippen LogP contribution is 2.28. The summed E-state index contributed by atoms with van der Waals surface area (Å²) in [5.41, 5.74) is 5.96. The molecule has 0 amide bonds. The van der Waals surface area contributed by atoms with Gasteiger partial charge >= 0.3 is 0 Å². The molecule has 2 aromatic carbocycles. The van der Waals surface area contributed by atoms with Crippen LogP contribution in [0.4, 0.5) is 0 Å². The SMILES string of the molecule is Cc1ccc(-n2nc(C#N)cc2-c2ccc(C(C)(C)C)cc2)cc1. The van der Waals surface area contributed by atoms with Crippen LogP contribution in [0, 0.1) is 18.3 Å². The molecule has 0 unspecified atom stereocenters. The van der Waals surface area contributed by atoms with Crippen molar-refractivity contribution in [2.75, 3.05) is 0 Å². The molecule has 0 fully saturated rings. The summed E-state index contributed by atoms with van der Waals surface area (Å²) in [7, 11) is 0. The normalized spacial score (nSPS) is 11.3. The first kappa shape index (κ1) is 16.0. The van der Waals surface area contributed by atoms with Crippen LogP contribution in [0.1, 0.15) is 37.6 Å². The molecule has 0 saturated carbocycles. The van der Waals surface area contributed by atoms with Crippen molar-refractivity contribution >= 4 is 0 Å². The second-order valence-electron chi connectivity index (χ2n) is 7.10. The van der Waals surface area contributed by atoms with Crippen molar-refractivity contribution in [2.24, 2.45) is 0 Å². The zero-order valence-corrected chi connectivity index (χ0v) is 14.5. The molecule has 120 valence electrons. The minimum Gasteiger partial charge on any atom is -0.232 e. The molecule has 0 atom stereocenters. The smallest absolute Gasteiger partial charge is 0.163 e. The van der Waals surface area contributed by atoms with Crippen LogP contribution in [0.5, 0.6) is 0 Å². The van der Waals surface area contributed by atoms with Gasteiger partial charge in [-0.05, 0) is 30.0 Å². The van der Waals surface area contributed by atoms with Crippen molar-refractivity contribution in [1.29, 1.82) is 5.26 Å². The molecule has 0 bridgehead atoms. The molecule has 3 nitrogen and oxygen atoms in total. The third-order valence-corrected chi connectivity index (χ3v) is 4.15. The first-order valence-electron chi connectivity index (χ1n) is 8.06. The Morgan fingerprint density at radius 3 is 2.12 bits per heavy atom. The van der Waals surface area contributed by atoms with E-state index >= 15 is 0 Å². The lowest BCUT2D eigenvalue weighted by Gasteiger charge is -2.19. The van der Waals surface area contributed by atoms with Crippen LogP contribution in [0.2, 0.25) is 0 Å². The van der Waals surface area contributed by atoms with Gasteiger partial charge in [0.15, 0.2) is 5.69 Å². The second kappa shape index (κ2) is 5.98. The van der Waals surface area contributed by atoms with Gasteiger partial charge in [-0.1, -0.05) is 62.7 Å². The Kier molecular flexibility index (Phi) is 3.99. The van der Waals surface area contributed by atoms with Gasteiger partial charge in [-0.3, -0.25) is 0 Å². The van der Waals surface area contributed by atoms with E-state index in [1.165, 1.54) is 11.1 Å². The van der Waals surface area contributed by atoms with Gasteiger partial charge in [-0.25, -0.2) is 4.68 Å². The Morgan fingerprint density at radius 2 is 1.58 bits per heavy atom. The van der Waals surface area contributed by atoms with Crippen molar-refractivity contribution in [3.05, 3.63) is 71.4 Å². The van der Waals surface area contributed by atoms with E-state index in [0.717, 1.165) is 16.9 Å². The minimum absolute atomic E-state index is 0.119. The van der Waals surface area contributed by atoms with Gasteiger partial charge in [0.2, 0.25) is 0 Å². The fourth-order valence-corrected chi connectivity index (χ4v) is 2.67. The largest absolute Gasteiger partial charge is 0.232 e. The minimum atomic E-state index is 0.119. The number of rotatable bonds is 2. The van der Waals surface area contributed by atoms with Crippen molar-refractivity contribution in [1.82, 2.24) is 9.78 Å². The van der Waals surface area contributed by atoms with Crippen LogP contribution in [0.15, 0.2) is 54.6 Å². The molecule has 3 rings (SSSR count). The Labute approximate surface area is 143 Å². The highest BCUT2D eigenvalue weighted by atomic mass is 15.3. The summed E-state index contributed by atoms with van der Waals surface area (Å²) in [5.74, 6) is 0. The van der Waals surface area contributed by atoms with E-state index in [-0.39, 0.29) is 5.41 Å². The zero-order chi connectivity index (χ0) is 17.3. The van der Waals surface area contributed by atoms with Crippen LogP contribution in [-0.4, -0.2) is 9.78 Å². The molecule has 1 heterocycles. The zero-order valence-electron chi connectivity index (χ0n) is 14.5. The molecule has 3 aromatic rings. The second-order valence-corrected chi connectivity index (χ2v) is 7.10. The summed E-state index contributed by atoms with van der Waals surface area (Å²) in [4.78, 5) is 0. The van der Waals surface area contributed by atoms with Gasteiger partial charge in [-0.2, -0.15) is 10.4 Å². The molecule has 1 aromatic heterocycles. The molecule has 24 heavy (non-hydrogen) atoms. The van der Waals surface area contributed by atoms with E-state index in [2.05, 4.69) is 75.3 Å². The average Bonchev–Trinajstić information content (AvgIpc) is 2.99. The van der Waals surface area contributed by atoms with Gasteiger partial charge in [0.1, 0.15) is 6.07 Å². The van der Waals surface area contributed by atoms with Gasteiger partial charge in [0.25, 0.3) is 0 Å². The van der Waals surface area contributed by atoms with Crippen LogP contribution >= 0.6 is 0 Å². The number of aryl methyl sites for hydroxylation is 1. The Hall–Kier alpha value is -2.86. The summed E-state index contributed by atoms with van der Waals surface area (Å²) >= 11 is 0. The third-order valence-electron chi connectivity index (χ3n) is 4.15. The Morgan fingerprint density at radius 1 is 0.958 bits per heavy atom. The monoisotopic (exact) mass is 315 g/mol. The van der Waals surface area contributed by atoms with Gasteiger partial charge in [-0.15, -0.1) is 0 Å². The maximum Gasteiger partial charge on any atom is 0.163 e. The molecule has 0 aliphatic rings. The average molecular weight is 315 g/mol. The third kappa shape index (κ3) is 3.09. The predicted octanol–water partition coefficient (Wildman–Crippen LogP) is 5.02. The van der Waals surface area contributed by atoms with Crippen molar-refractivity contribution < 1.29 is 0 Å². The fraction of sp³-hybridized carbons (Fsp3) is 0.238. The molecular formula is C21H21N3. The summed E-state index contributed by atoms with van der Waals surface area (Å²) in [6, 6.07) is 20.6. The van der Waals surface area contributed by atoms with E-state index in [9.17, 15) is 5.26 Å². The molecule has 0 spiro atoms. The molecule has 0 radical (unpaired) electrons. The number of nitrogens with zero attached hydrogens (tertiary/aromatic N) is 3. The first-order valence-corrected chi connectivity index (χ1v) is 8.06. The number of hydrogen-bond acceptors (Lipinski definition) is 2. The van der Waals surface area contributed by atoms with E-state index in [1.54, 1.807) is 0 Å². The highest BCUT2D eigenvalue weighted by Gasteiger charge is 2.15. The number of nitriles is 1. The predicted molar refractivity (Wildman–Crippen MR) is 97.2 cm³/mol. The van der Waals surface area contributed by atoms with Gasteiger partial charge in [0.05, 0.1) is 11.4 Å². The van der Waals surface area contributed by atoms with Crippen LogP contribution in [0.25, 0.3) is 16.9 Å². The topological polar surface area (TPSA) is 41.6 Å². The Bertz CT molecular complexity index is 886. The van der Waals surface area contributed by atoms with Crippen molar-refractivity contribution in [3.63, 3.8) is 0 Å². The van der Waals surface area contributed by atoms with Gasteiger partial charge < -0.3 is 0 Å². The van der Waals surface area contributed by atoms with Crippen LogP contribution in [-0.2, 0) is 5.41 Å². The molecule has 3 heteroatoms. The Balaban J connectivity index is 2.09. The van der Waals surface area contributed by atoms with E-state index < -0.39 is 0 Å². The maximum absolute atomic E-state index is 9.24. The maximum atomic E-state index is 9.24. The highest BCUT2D eigenvalue weighted by molar-refractivity contribution is 5.64. The lowest BCUT2D eigenvalue weighted by Crippen LogP contribution is -2.10. The molecular weight excluding hydrogens is 294 g/mol.